The molecule has 2 aromatic rings. The normalized spacial score (nSPS) is 29.6. The fourth-order valence-electron chi connectivity index (χ4n) is 17.6. The van der Waals surface area contributed by atoms with Gasteiger partial charge < -0.3 is 0 Å². The smallest absolute Gasteiger partial charge is 0.0105 e. The van der Waals surface area contributed by atoms with E-state index in [0.29, 0.717) is 53.3 Å². The van der Waals surface area contributed by atoms with Crippen molar-refractivity contribution in [2.24, 2.45) is 58.7 Å². The van der Waals surface area contributed by atoms with Crippen molar-refractivity contribution in [3.8, 4) is 0 Å². The van der Waals surface area contributed by atoms with Gasteiger partial charge in [-0.15, -0.1) is 0 Å². The van der Waals surface area contributed by atoms with Gasteiger partial charge in [0.15, 0.2) is 0 Å². The van der Waals surface area contributed by atoms with Gasteiger partial charge in [-0.3, -0.25) is 0 Å². The third-order valence-corrected chi connectivity index (χ3v) is 22.8. The largest absolute Gasteiger partial charge is 0.0842 e. The standard InChI is InChI=1S/C84H82/c1-6-84(4,5)73-48-70-37-41-77-75(67-32-30-63-42-60(25-28-65(63)45-67)56-16-12-53(13-17-56)52-10-8-7-9-11-52)39-35-71-49-78(79(50-73)83(70)82(71)77)58-22-20-55(21-23-58)54-14-18-57(19-15-54)61-26-27-64-44-66(31-29-62(64)43-61)74-38-34-59-24-33-68-46-72(51(2)3)47-69-36-40-76(74)81(59)80(68)69/h7-8,10,12,14,16,18,20-24,30,32-51,68,76-77,79-83H,6,9,11,13,15,17,19,25-29,31H2,1-5H3. The highest BCUT2D eigenvalue weighted by Gasteiger charge is 2.48. The lowest BCUT2D eigenvalue weighted by Gasteiger charge is -2.49. The van der Waals surface area contributed by atoms with Crippen LogP contribution in [-0.2, 0) is 6.42 Å². The fourth-order valence-corrected chi connectivity index (χ4v) is 17.6. The van der Waals surface area contributed by atoms with Crippen LogP contribution < -0.4 is 0 Å². The zero-order chi connectivity index (χ0) is 56.4. The fraction of sp³-hybridized carbons (Fsp3) is 0.333. The van der Waals surface area contributed by atoms with E-state index in [2.05, 4.69) is 229 Å². The highest BCUT2D eigenvalue weighted by atomic mass is 14.5. The average Bonchev–Trinajstić information content (AvgIpc) is 3.71. The van der Waals surface area contributed by atoms with Crippen molar-refractivity contribution in [2.45, 2.75) is 118 Å². The van der Waals surface area contributed by atoms with Gasteiger partial charge in [0, 0.05) is 47.3 Å². The van der Waals surface area contributed by atoms with Crippen molar-refractivity contribution in [1.29, 1.82) is 0 Å². The second-order valence-corrected chi connectivity index (χ2v) is 28.0. The molecule has 8 unspecified atom stereocenters. The monoisotopic (exact) mass is 1090 g/mol. The summed E-state index contributed by atoms with van der Waals surface area (Å²) in [7, 11) is 0. The van der Waals surface area contributed by atoms with Gasteiger partial charge in [0.05, 0.1) is 0 Å². The molecule has 2 aromatic carbocycles. The number of hydrogen-bond donors (Lipinski definition) is 0. The minimum absolute atomic E-state index is 0.110. The van der Waals surface area contributed by atoms with E-state index in [1.165, 1.54) is 108 Å². The molecular formula is C84H82. The Morgan fingerprint density at radius 2 is 1.04 bits per heavy atom. The van der Waals surface area contributed by atoms with Crippen LogP contribution in [0.3, 0.4) is 0 Å². The molecule has 0 fully saturated rings. The maximum Gasteiger partial charge on any atom is 0.0105 e. The number of hydrogen-bond acceptors (Lipinski definition) is 0. The Morgan fingerprint density at radius 3 is 1.77 bits per heavy atom. The maximum absolute atomic E-state index is 2.70. The third kappa shape index (κ3) is 8.97. The molecule has 0 heterocycles. The Bertz CT molecular complexity index is 3980. The Kier molecular flexibility index (Phi) is 12.9. The van der Waals surface area contributed by atoms with E-state index < -0.39 is 0 Å². The molecular weight excluding hydrogens is 1010 g/mol. The van der Waals surface area contributed by atoms with E-state index in [-0.39, 0.29) is 5.41 Å². The maximum atomic E-state index is 2.70. The summed E-state index contributed by atoms with van der Waals surface area (Å²) in [5, 5.41) is 0. The number of aryl methyl sites for hydroxylation is 1. The molecule has 0 nitrogen and oxygen atoms in total. The van der Waals surface area contributed by atoms with Gasteiger partial charge in [-0.2, -0.15) is 0 Å². The minimum Gasteiger partial charge on any atom is -0.0842 e. The molecule has 418 valence electrons. The van der Waals surface area contributed by atoms with Crippen molar-refractivity contribution < 1.29 is 0 Å². The first kappa shape index (κ1) is 52.3. The second-order valence-electron chi connectivity index (χ2n) is 28.0. The van der Waals surface area contributed by atoms with E-state index in [1.807, 2.05) is 0 Å². The van der Waals surface area contributed by atoms with Crippen molar-refractivity contribution in [3.05, 3.63) is 305 Å². The molecule has 0 radical (unpaired) electrons. The first-order chi connectivity index (χ1) is 41.1. The molecule has 0 aliphatic heterocycles. The molecule has 16 rings (SSSR count). The van der Waals surface area contributed by atoms with Crippen LogP contribution in [0.4, 0.5) is 0 Å². The number of fused-ring (bicyclic) bond motifs is 1. The van der Waals surface area contributed by atoms with Crippen molar-refractivity contribution in [3.63, 3.8) is 0 Å². The molecule has 0 N–H and O–H groups in total. The molecule has 0 saturated carbocycles. The van der Waals surface area contributed by atoms with E-state index in [0.717, 1.165) is 70.6 Å². The first-order valence-electron chi connectivity index (χ1n) is 32.8. The highest BCUT2D eigenvalue weighted by Crippen LogP contribution is 2.60. The highest BCUT2D eigenvalue weighted by molar-refractivity contribution is 5.83. The van der Waals surface area contributed by atoms with Gasteiger partial charge in [-0.1, -0.05) is 229 Å². The van der Waals surface area contributed by atoms with Gasteiger partial charge in [-0.25, -0.2) is 0 Å². The van der Waals surface area contributed by atoms with Crippen molar-refractivity contribution in [2.75, 3.05) is 0 Å². The molecule has 0 bridgehead atoms. The van der Waals surface area contributed by atoms with Crippen LogP contribution in [-0.4, -0.2) is 0 Å². The van der Waals surface area contributed by atoms with Crippen LogP contribution in [0.1, 0.15) is 139 Å². The lowest BCUT2D eigenvalue weighted by atomic mass is 9.54. The molecule has 0 spiro atoms. The molecule has 8 atom stereocenters. The summed E-state index contributed by atoms with van der Waals surface area (Å²) >= 11 is 0. The summed E-state index contributed by atoms with van der Waals surface area (Å²) in [5.74, 6) is 4.17. The van der Waals surface area contributed by atoms with E-state index in [9.17, 15) is 0 Å². The lowest BCUT2D eigenvalue weighted by Crippen LogP contribution is -2.39. The average molecular weight is 1090 g/mol. The number of benzene rings is 2. The number of allylic oxidation sites excluding steroid dienone is 43. The predicted molar refractivity (Wildman–Crippen MR) is 355 cm³/mol. The predicted octanol–water partition coefficient (Wildman–Crippen LogP) is 21.5. The zero-order valence-corrected chi connectivity index (χ0v) is 50.4. The number of rotatable bonds is 10. The van der Waals surface area contributed by atoms with Gasteiger partial charge in [0.1, 0.15) is 0 Å². The van der Waals surface area contributed by atoms with Crippen LogP contribution in [0, 0.1) is 58.7 Å². The Balaban J connectivity index is 0.644. The Morgan fingerprint density at radius 1 is 0.440 bits per heavy atom. The lowest BCUT2D eigenvalue weighted by molar-refractivity contribution is 0.313. The van der Waals surface area contributed by atoms with E-state index >= 15 is 0 Å². The third-order valence-electron chi connectivity index (χ3n) is 22.8. The minimum atomic E-state index is 0.110. The Hall–Kier alpha value is -7.28. The van der Waals surface area contributed by atoms with Gasteiger partial charge in [0.25, 0.3) is 0 Å². The molecule has 14 aliphatic carbocycles. The van der Waals surface area contributed by atoms with Crippen LogP contribution in [0.15, 0.2) is 277 Å². The van der Waals surface area contributed by atoms with Crippen LogP contribution in [0.25, 0.3) is 22.8 Å². The molecule has 14 aliphatic rings. The van der Waals surface area contributed by atoms with Crippen LogP contribution in [0.2, 0.25) is 0 Å². The second kappa shape index (κ2) is 20.8. The summed E-state index contributed by atoms with van der Waals surface area (Å²) in [6, 6.07) is 17.2. The summed E-state index contributed by atoms with van der Waals surface area (Å²) in [6.45, 7) is 11.9. The Labute approximate surface area is 502 Å². The van der Waals surface area contributed by atoms with Crippen LogP contribution >= 0.6 is 0 Å². The summed E-state index contributed by atoms with van der Waals surface area (Å²) in [4.78, 5) is 0. The van der Waals surface area contributed by atoms with Gasteiger partial charge in [0.2, 0.25) is 0 Å². The van der Waals surface area contributed by atoms with E-state index in [1.54, 1.807) is 39.0 Å². The van der Waals surface area contributed by atoms with Crippen LogP contribution in [0.5, 0.6) is 0 Å². The molecule has 0 aromatic heterocycles. The summed E-state index contributed by atoms with van der Waals surface area (Å²) < 4.78 is 0. The topological polar surface area (TPSA) is 0 Å². The molecule has 0 heteroatoms. The quantitative estimate of drug-likeness (QED) is 0.222. The van der Waals surface area contributed by atoms with Gasteiger partial charge in [-0.05, 0) is 229 Å². The zero-order valence-electron chi connectivity index (χ0n) is 50.4. The first-order valence-corrected chi connectivity index (χ1v) is 32.8. The molecule has 84 heavy (non-hydrogen) atoms. The van der Waals surface area contributed by atoms with Crippen molar-refractivity contribution in [1.82, 2.24) is 0 Å². The summed E-state index contributed by atoms with van der Waals surface area (Å²) in [6.07, 6.45) is 77.2. The van der Waals surface area contributed by atoms with Crippen molar-refractivity contribution >= 4 is 22.8 Å². The molecule has 0 amide bonds. The SMILES string of the molecule is CCC(C)(C)C1=CC2C(c3ccc(C4=CC=C(C5=CC6=C(C=C(C7=CC=C8C=CC9C=C(C(C)C)C=C%10C=CC7C8C%109)CC6)CC5)CC4)cc3)=CC3=CC=C(c4ccc5c(c4)CCC(C4=CC=C(C6=CC=CCC6)CC4)=C5)C4C=CC(=C1)C2C34. The van der Waals surface area contributed by atoms with E-state index in [4.69, 9.17) is 0 Å². The summed E-state index contributed by atoms with van der Waals surface area (Å²) in [5.41, 5.74) is 36.3. The van der Waals surface area contributed by atoms with Gasteiger partial charge >= 0.3 is 0 Å². The molecule has 0 saturated heterocycles.